The first-order valence-electron chi connectivity index (χ1n) is 7.21. The van der Waals surface area contributed by atoms with Crippen molar-refractivity contribution in [2.75, 3.05) is 6.61 Å². The van der Waals surface area contributed by atoms with Crippen LogP contribution in [0.5, 0.6) is 5.75 Å². The Labute approximate surface area is 141 Å². The molecular formula is C15H15N5O3S. The zero-order valence-corrected chi connectivity index (χ0v) is 14.2. The van der Waals surface area contributed by atoms with Gasteiger partial charge in [-0.15, -0.1) is 26.7 Å². The number of carbonyl (C=O) groups is 1. The highest BCUT2D eigenvalue weighted by atomic mass is 32.1. The van der Waals surface area contributed by atoms with E-state index in [2.05, 4.69) is 20.4 Å². The van der Waals surface area contributed by atoms with Gasteiger partial charge in [0.25, 0.3) is 0 Å². The van der Waals surface area contributed by atoms with E-state index in [1.807, 2.05) is 13.0 Å². The Bertz CT molecular complexity index is 944. The van der Waals surface area contributed by atoms with Crippen molar-refractivity contribution in [2.24, 2.45) is 17.3 Å². The van der Waals surface area contributed by atoms with Gasteiger partial charge in [0.2, 0.25) is 5.82 Å². The zero-order chi connectivity index (χ0) is 17.3. The second-order valence-electron chi connectivity index (χ2n) is 5.00. The summed E-state index contributed by atoms with van der Waals surface area (Å²) in [5.41, 5.74) is 0.515. The van der Waals surface area contributed by atoms with Gasteiger partial charge in [0, 0.05) is 17.3 Å². The number of carbonyl (C=O) groups excluding carboxylic acids is 1. The Morgan fingerprint density at radius 2 is 2.21 bits per heavy atom. The van der Waals surface area contributed by atoms with E-state index in [1.54, 1.807) is 14.0 Å². The van der Waals surface area contributed by atoms with Crippen LogP contribution >= 0.6 is 11.3 Å². The molecule has 0 saturated heterocycles. The Balaban J connectivity index is 2.17. The van der Waals surface area contributed by atoms with Crippen LogP contribution in [-0.2, 0) is 11.8 Å². The molecule has 0 fully saturated rings. The zero-order valence-electron chi connectivity index (χ0n) is 13.3. The molecule has 2 aromatic heterocycles. The molecule has 0 amide bonds. The fourth-order valence-corrected chi connectivity index (χ4v) is 3.25. The van der Waals surface area contributed by atoms with Crippen molar-refractivity contribution in [1.82, 2.24) is 15.0 Å². The predicted molar refractivity (Wildman–Crippen MR) is 89.4 cm³/mol. The summed E-state index contributed by atoms with van der Waals surface area (Å²) < 4.78 is 5.73. The highest BCUT2D eigenvalue weighted by Gasteiger charge is 2.20. The van der Waals surface area contributed by atoms with Crippen LogP contribution in [0.15, 0.2) is 28.6 Å². The van der Waals surface area contributed by atoms with E-state index in [4.69, 9.17) is 4.74 Å². The number of hydrogen-bond donors (Lipinski definition) is 1. The average molecular weight is 345 g/mol. The number of esters is 1. The molecule has 24 heavy (non-hydrogen) atoms. The molecule has 0 radical (unpaired) electrons. The molecule has 0 atom stereocenters. The van der Waals surface area contributed by atoms with Crippen molar-refractivity contribution in [3.8, 4) is 5.75 Å². The van der Waals surface area contributed by atoms with E-state index in [9.17, 15) is 9.90 Å². The molecule has 8 nitrogen and oxygen atoms in total. The van der Waals surface area contributed by atoms with Gasteiger partial charge in [0.1, 0.15) is 11.4 Å². The summed E-state index contributed by atoms with van der Waals surface area (Å²) in [6.45, 7) is 3.85. The van der Waals surface area contributed by atoms with Gasteiger partial charge in [0.05, 0.1) is 23.1 Å². The first-order valence-corrected chi connectivity index (χ1v) is 8.02. The van der Waals surface area contributed by atoms with Gasteiger partial charge in [-0.2, -0.15) is 9.90 Å². The number of hydrogen-bond acceptors (Lipinski definition) is 8. The van der Waals surface area contributed by atoms with Crippen LogP contribution in [0, 0.1) is 6.92 Å². The van der Waals surface area contributed by atoms with Gasteiger partial charge in [0.15, 0.2) is 0 Å². The number of fused-ring (bicyclic) bond motifs is 1. The highest BCUT2D eigenvalue weighted by molar-refractivity contribution is 7.19. The lowest BCUT2D eigenvalue weighted by atomic mass is 10.1. The van der Waals surface area contributed by atoms with Crippen molar-refractivity contribution in [3.63, 3.8) is 0 Å². The Hall–Kier alpha value is -2.81. The third kappa shape index (κ3) is 2.98. The SMILES string of the molecule is CCOC(=O)c1cc(O)c2cc(C)sc2c1/N=N/c1cnn(C)n1. The molecule has 124 valence electrons. The van der Waals surface area contributed by atoms with Crippen LogP contribution in [-0.4, -0.2) is 32.7 Å². The van der Waals surface area contributed by atoms with E-state index in [1.165, 1.54) is 28.4 Å². The van der Waals surface area contributed by atoms with Gasteiger partial charge in [-0.3, -0.25) is 0 Å². The summed E-state index contributed by atoms with van der Waals surface area (Å²) in [5, 5.41) is 27.0. The van der Waals surface area contributed by atoms with Crippen molar-refractivity contribution in [1.29, 1.82) is 0 Å². The van der Waals surface area contributed by atoms with Crippen LogP contribution in [0.2, 0.25) is 0 Å². The lowest BCUT2D eigenvalue weighted by Gasteiger charge is -2.07. The van der Waals surface area contributed by atoms with Crippen molar-refractivity contribution in [3.05, 3.63) is 28.8 Å². The topological polar surface area (TPSA) is 102 Å². The predicted octanol–water partition coefficient (Wildman–Crippen LogP) is 3.64. The van der Waals surface area contributed by atoms with Crippen molar-refractivity contribution >= 4 is 38.9 Å². The first-order chi connectivity index (χ1) is 11.5. The van der Waals surface area contributed by atoms with E-state index >= 15 is 0 Å². The third-order valence-electron chi connectivity index (χ3n) is 3.22. The fraction of sp³-hybridized carbons (Fsp3) is 0.267. The maximum atomic E-state index is 12.2. The Morgan fingerprint density at radius 3 is 2.88 bits per heavy atom. The monoisotopic (exact) mass is 345 g/mol. The molecule has 0 aliphatic heterocycles. The van der Waals surface area contributed by atoms with E-state index in [0.717, 1.165) is 4.88 Å². The fourth-order valence-electron chi connectivity index (χ4n) is 2.23. The smallest absolute Gasteiger partial charge is 0.340 e. The molecule has 1 aromatic carbocycles. The molecule has 0 aliphatic rings. The van der Waals surface area contributed by atoms with Gasteiger partial charge in [-0.25, -0.2) is 4.79 Å². The summed E-state index contributed by atoms with van der Waals surface area (Å²) in [4.78, 5) is 14.6. The van der Waals surface area contributed by atoms with Crippen LogP contribution < -0.4 is 0 Å². The number of rotatable bonds is 4. The number of aromatic hydroxyl groups is 1. The number of phenols is 1. The number of benzene rings is 1. The Kier molecular flexibility index (Phi) is 4.26. The lowest BCUT2D eigenvalue weighted by Crippen LogP contribution is -2.04. The summed E-state index contributed by atoms with van der Waals surface area (Å²) in [5.74, 6) is -0.230. The molecule has 0 saturated carbocycles. The largest absolute Gasteiger partial charge is 0.507 e. The summed E-state index contributed by atoms with van der Waals surface area (Å²) in [6.07, 6.45) is 1.46. The van der Waals surface area contributed by atoms with E-state index in [-0.39, 0.29) is 17.9 Å². The Morgan fingerprint density at radius 1 is 1.42 bits per heavy atom. The van der Waals surface area contributed by atoms with Crippen LogP contribution in [0.4, 0.5) is 11.5 Å². The summed E-state index contributed by atoms with van der Waals surface area (Å²) in [7, 11) is 1.67. The molecule has 2 heterocycles. The normalized spacial score (nSPS) is 11.5. The summed E-state index contributed by atoms with van der Waals surface area (Å²) in [6, 6.07) is 3.20. The second-order valence-corrected chi connectivity index (χ2v) is 6.26. The molecule has 1 N–H and O–H groups in total. The molecule has 3 rings (SSSR count). The maximum Gasteiger partial charge on any atom is 0.340 e. The van der Waals surface area contributed by atoms with Crippen molar-refractivity contribution < 1.29 is 14.6 Å². The molecular weight excluding hydrogens is 330 g/mol. The minimum Gasteiger partial charge on any atom is -0.507 e. The van der Waals surface area contributed by atoms with Gasteiger partial charge in [-0.05, 0) is 26.0 Å². The quantitative estimate of drug-likeness (QED) is 0.574. The third-order valence-corrected chi connectivity index (χ3v) is 4.27. The van der Waals surface area contributed by atoms with Gasteiger partial charge in [-0.1, -0.05) is 0 Å². The molecule has 0 aliphatic carbocycles. The van der Waals surface area contributed by atoms with Crippen LogP contribution in [0.1, 0.15) is 22.2 Å². The van der Waals surface area contributed by atoms with Crippen molar-refractivity contribution in [2.45, 2.75) is 13.8 Å². The van der Waals surface area contributed by atoms with E-state index < -0.39 is 5.97 Å². The molecule has 0 spiro atoms. The number of aromatic nitrogens is 3. The molecule has 3 aromatic rings. The van der Waals surface area contributed by atoms with Crippen LogP contribution in [0.3, 0.4) is 0 Å². The molecule has 9 heteroatoms. The first kappa shape index (κ1) is 16.1. The van der Waals surface area contributed by atoms with Crippen LogP contribution in [0.25, 0.3) is 10.1 Å². The maximum absolute atomic E-state index is 12.2. The highest BCUT2D eigenvalue weighted by Crippen LogP contribution is 2.42. The minimum absolute atomic E-state index is 0.0101. The number of aryl methyl sites for hydroxylation is 2. The summed E-state index contributed by atoms with van der Waals surface area (Å²) >= 11 is 1.42. The molecule has 0 bridgehead atoms. The van der Waals surface area contributed by atoms with Gasteiger partial charge >= 0.3 is 5.97 Å². The number of azo groups is 1. The van der Waals surface area contributed by atoms with Gasteiger partial charge < -0.3 is 9.84 Å². The number of nitrogens with zero attached hydrogens (tertiary/aromatic N) is 5. The van der Waals surface area contributed by atoms with E-state index in [0.29, 0.717) is 21.6 Å². The number of thiophene rings is 1. The minimum atomic E-state index is -0.561. The molecule has 0 unspecified atom stereocenters. The number of ether oxygens (including phenoxy) is 1. The second kappa shape index (κ2) is 6.36. The standard InChI is InChI=1S/C15H15N5O3S/c1-4-23-15(22)10-6-11(21)9-5-8(2)24-14(9)13(10)18-17-12-7-16-20(3)19-12/h5-7,21H,4H2,1-3H3/b18-17+. The average Bonchev–Trinajstić information content (AvgIpc) is 3.12. The lowest BCUT2D eigenvalue weighted by molar-refractivity contribution is 0.0527. The number of phenolic OH excluding ortho intramolecular Hbond substituents is 1.